The van der Waals surface area contributed by atoms with Gasteiger partial charge in [-0.1, -0.05) is 24.3 Å². The summed E-state index contributed by atoms with van der Waals surface area (Å²) >= 11 is 1.39. The Morgan fingerprint density at radius 2 is 2.04 bits per heavy atom. The summed E-state index contributed by atoms with van der Waals surface area (Å²) in [6.45, 7) is 1.77. The molecule has 27 heavy (non-hydrogen) atoms. The molecule has 8 nitrogen and oxygen atoms in total. The van der Waals surface area contributed by atoms with Crippen molar-refractivity contribution in [2.75, 3.05) is 5.75 Å². The number of benzene rings is 1. The van der Waals surface area contributed by atoms with E-state index < -0.39 is 35.2 Å². The van der Waals surface area contributed by atoms with Crippen LogP contribution in [-0.4, -0.2) is 50.1 Å². The van der Waals surface area contributed by atoms with E-state index in [-0.39, 0.29) is 11.4 Å². The fraction of sp³-hybridized carbons (Fsp3) is 0.278. The highest BCUT2D eigenvalue weighted by atomic mass is 32.2. The number of β-lactam (4-membered cyclic amide) rings is 1. The van der Waals surface area contributed by atoms with Gasteiger partial charge in [0.15, 0.2) is 0 Å². The van der Waals surface area contributed by atoms with Gasteiger partial charge in [-0.25, -0.2) is 4.79 Å². The highest BCUT2D eigenvalue weighted by Crippen LogP contribution is 2.40. The van der Waals surface area contributed by atoms with Gasteiger partial charge < -0.3 is 21.3 Å². The minimum atomic E-state index is -1.17. The van der Waals surface area contributed by atoms with E-state index in [0.717, 1.165) is 0 Å². The lowest BCUT2D eigenvalue weighted by Gasteiger charge is -2.49. The first kappa shape index (κ1) is 19.0. The topological polar surface area (TPSA) is 133 Å². The maximum absolute atomic E-state index is 12.5. The second kappa shape index (κ2) is 7.45. The third-order valence-corrected chi connectivity index (χ3v) is 5.70. The number of allylic oxidation sites excluding steroid dienone is 2. The zero-order valence-electron chi connectivity index (χ0n) is 14.5. The number of hydrogen-bond donors (Lipinski definition) is 4. The number of hydrogen-bond acceptors (Lipinski definition) is 6. The number of nitrogens with one attached hydrogen (secondary N) is 1. The van der Waals surface area contributed by atoms with Crippen LogP contribution in [0.4, 0.5) is 0 Å². The number of nitrogens with two attached hydrogens (primary N) is 1. The maximum atomic E-state index is 12.5. The molecule has 2 aliphatic heterocycles. The Kier molecular flexibility index (Phi) is 5.24. The lowest BCUT2D eigenvalue weighted by Crippen LogP contribution is -2.71. The molecule has 0 spiro atoms. The molecular formula is C18H19N3O5S. The number of phenolic OH excluding ortho intramolecular Hbond substituents is 1. The van der Waals surface area contributed by atoms with Crippen LogP contribution in [0.2, 0.25) is 0 Å². The standard InChI is InChI=1S/C18H19N3O5S/c1-2-3-10-8-27-17-13(16(24)21(17)14(10)18(25)26)20-15(23)12(19)9-4-6-11(22)7-5-9/h2-7,12-13,17,22H,8,19H2,1H3,(H,20,23)(H,25,26)/b3-2+/t12-,13?,17-/m1/s1. The van der Waals surface area contributed by atoms with Gasteiger partial charge in [-0.05, 0) is 30.2 Å². The molecule has 0 saturated carbocycles. The van der Waals surface area contributed by atoms with E-state index >= 15 is 0 Å². The highest BCUT2D eigenvalue weighted by molar-refractivity contribution is 8.00. The molecule has 0 radical (unpaired) electrons. The summed E-state index contributed by atoms with van der Waals surface area (Å²) in [6, 6.07) is 4.06. The first-order valence-electron chi connectivity index (χ1n) is 8.24. The molecule has 5 N–H and O–H groups in total. The number of carboxylic acid groups (broad SMARTS) is 1. The van der Waals surface area contributed by atoms with Gasteiger partial charge in [-0.2, -0.15) is 0 Å². The molecule has 1 aromatic rings. The molecule has 2 heterocycles. The Bertz CT molecular complexity index is 849. The van der Waals surface area contributed by atoms with Crippen LogP contribution >= 0.6 is 11.8 Å². The van der Waals surface area contributed by atoms with Crippen LogP contribution in [0.25, 0.3) is 0 Å². The number of amides is 2. The zero-order valence-corrected chi connectivity index (χ0v) is 15.3. The minimum Gasteiger partial charge on any atom is -0.508 e. The molecule has 0 aromatic heterocycles. The molecule has 2 amide bonds. The van der Waals surface area contributed by atoms with Crippen LogP contribution in [0.15, 0.2) is 47.7 Å². The molecule has 9 heteroatoms. The molecule has 1 aromatic carbocycles. The predicted molar refractivity (Wildman–Crippen MR) is 99.5 cm³/mol. The highest BCUT2D eigenvalue weighted by Gasteiger charge is 2.54. The van der Waals surface area contributed by atoms with Crippen LogP contribution in [0.5, 0.6) is 5.75 Å². The summed E-state index contributed by atoms with van der Waals surface area (Å²) in [7, 11) is 0. The zero-order chi connectivity index (χ0) is 19.7. The first-order chi connectivity index (χ1) is 12.8. The summed E-state index contributed by atoms with van der Waals surface area (Å²) in [5, 5.41) is 20.9. The number of aliphatic carboxylic acids is 1. The number of nitrogens with zero attached hydrogens (tertiary/aromatic N) is 1. The first-order valence-corrected chi connectivity index (χ1v) is 9.28. The van der Waals surface area contributed by atoms with Crippen molar-refractivity contribution in [1.29, 1.82) is 0 Å². The van der Waals surface area contributed by atoms with Crippen LogP contribution < -0.4 is 11.1 Å². The summed E-state index contributed by atoms with van der Waals surface area (Å²) in [5.41, 5.74) is 6.93. The minimum absolute atomic E-state index is 0.0461. The summed E-state index contributed by atoms with van der Waals surface area (Å²) in [5.74, 6) is -1.71. The molecule has 0 bridgehead atoms. The van der Waals surface area contributed by atoms with Crippen LogP contribution in [0.3, 0.4) is 0 Å². The Labute approximate surface area is 159 Å². The van der Waals surface area contributed by atoms with Crippen molar-refractivity contribution in [1.82, 2.24) is 10.2 Å². The number of phenols is 1. The van der Waals surface area contributed by atoms with E-state index in [2.05, 4.69) is 5.32 Å². The van der Waals surface area contributed by atoms with Gasteiger partial charge in [-0.15, -0.1) is 11.8 Å². The van der Waals surface area contributed by atoms with E-state index in [9.17, 15) is 24.6 Å². The Hall–Kier alpha value is -2.78. The average molecular weight is 389 g/mol. The number of carbonyl (C=O) groups is 3. The van der Waals surface area contributed by atoms with E-state index in [1.165, 1.54) is 40.9 Å². The van der Waals surface area contributed by atoms with Crippen LogP contribution in [0.1, 0.15) is 18.5 Å². The normalized spacial score (nSPS) is 23.0. The molecule has 3 rings (SSSR count). The van der Waals surface area contributed by atoms with Crippen molar-refractivity contribution in [3.8, 4) is 5.75 Å². The van der Waals surface area contributed by atoms with Crippen molar-refractivity contribution in [3.05, 3.63) is 53.3 Å². The number of carboxylic acids is 1. The number of fused-ring (bicyclic) bond motifs is 1. The van der Waals surface area contributed by atoms with Crippen molar-refractivity contribution in [2.24, 2.45) is 5.73 Å². The third kappa shape index (κ3) is 3.43. The predicted octanol–water partition coefficient (Wildman–Crippen LogP) is 0.707. The molecule has 1 saturated heterocycles. The van der Waals surface area contributed by atoms with Gasteiger partial charge in [0.2, 0.25) is 5.91 Å². The molecular weight excluding hydrogens is 370 g/mol. The number of carbonyl (C=O) groups excluding carboxylic acids is 2. The molecule has 3 atom stereocenters. The average Bonchev–Trinajstić information content (AvgIpc) is 2.65. The van der Waals surface area contributed by atoms with Crippen LogP contribution in [-0.2, 0) is 14.4 Å². The summed E-state index contributed by atoms with van der Waals surface area (Å²) < 4.78 is 0. The molecule has 1 fully saturated rings. The van der Waals surface area contributed by atoms with Gasteiger partial charge in [0.25, 0.3) is 5.91 Å². The third-order valence-electron chi connectivity index (χ3n) is 4.40. The van der Waals surface area contributed by atoms with Gasteiger partial charge in [-0.3, -0.25) is 14.5 Å². The molecule has 142 valence electrons. The molecule has 0 aliphatic carbocycles. The van der Waals surface area contributed by atoms with Crippen molar-refractivity contribution in [3.63, 3.8) is 0 Å². The van der Waals surface area contributed by atoms with Gasteiger partial charge in [0.05, 0.1) is 0 Å². The van der Waals surface area contributed by atoms with E-state index in [4.69, 9.17) is 5.73 Å². The van der Waals surface area contributed by atoms with E-state index in [1.807, 2.05) is 0 Å². The van der Waals surface area contributed by atoms with E-state index in [1.54, 1.807) is 19.1 Å². The van der Waals surface area contributed by atoms with E-state index in [0.29, 0.717) is 16.9 Å². The second-order valence-electron chi connectivity index (χ2n) is 6.14. The van der Waals surface area contributed by atoms with Crippen molar-refractivity contribution >= 4 is 29.5 Å². The quantitative estimate of drug-likeness (QED) is 0.545. The molecule has 2 aliphatic rings. The van der Waals surface area contributed by atoms with Crippen LogP contribution in [0, 0.1) is 0 Å². The second-order valence-corrected chi connectivity index (χ2v) is 7.25. The van der Waals surface area contributed by atoms with Crippen molar-refractivity contribution in [2.45, 2.75) is 24.4 Å². The SMILES string of the molecule is C/C=C/C1=C(C(=O)O)N2C(=O)C(NC(=O)[C@H](N)c3ccc(O)cc3)[C@H]2SC1. The Balaban J connectivity index is 1.74. The van der Waals surface area contributed by atoms with Gasteiger partial charge in [0, 0.05) is 5.75 Å². The Morgan fingerprint density at radius 1 is 1.37 bits per heavy atom. The monoisotopic (exact) mass is 389 g/mol. The fourth-order valence-corrected chi connectivity index (χ4v) is 4.37. The lowest BCUT2D eigenvalue weighted by molar-refractivity contribution is -0.150. The largest absolute Gasteiger partial charge is 0.508 e. The lowest BCUT2D eigenvalue weighted by atomic mass is 10.0. The van der Waals surface area contributed by atoms with Crippen molar-refractivity contribution < 1.29 is 24.6 Å². The summed E-state index contributed by atoms with van der Waals surface area (Å²) in [4.78, 5) is 37.7. The number of thioether (sulfide) groups is 1. The van der Waals surface area contributed by atoms with Gasteiger partial charge in [0.1, 0.15) is 28.9 Å². The number of aromatic hydroxyl groups is 1. The Morgan fingerprint density at radius 3 is 2.63 bits per heavy atom. The summed E-state index contributed by atoms with van der Waals surface area (Å²) in [6.07, 6.45) is 3.39. The van der Waals surface area contributed by atoms with Gasteiger partial charge >= 0.3 is 5.97 Å². The molecule has 1 unspecified atom stereocenters. The maximum Gasteiger partial charge on any atom is 0.352 e. The fourth-order valence-electron chi connectivity index (χ4n) is 3.05. The smallest absolute Gasteiger partial charge is 0.352 e. The number of rotatable bonds is 5.